The second kappa shape index (κ2) is 4.94. The van der Waals surface area contributed by atoms with E-state index in [1.54, 1.807) is 0 Å². The molecule has 2 N–H and O–H groups in total. The van der Waals surface area contributed by atoms with Crippen LogP contribution < -0.4 is 4.72 Å². The van der Waals surface area contributed by atoms with Crippen molar-refractivity contribution in [1.82, 2.24) is 14.9 Å². The van der Waals surface area contributed by atoms with Crippen molar-refractivity contribution in [2.75, 3.05) is 13.2 Å². The van der Waals surface area contributed by atoms with Crippen LogP contribution in [-0.2, 0) is 14.8 Å². The highest BCUT2D eigenvalue weighted by atomic mass is 32.2. The summed E-state index contributed by atoms with van der Waals surface area (Å²) in [5.74, 6) is 0. The molecule has 0 saturated carbocycles. The molecule has 0 bridgehead atoms. The van der Waals surface area contributed by atoms with E-state index in [2.05, 4.69) is 14.9 Å². The summed E-state index contributed by atoms with van der Waals surface area (Å²) in [5.41, 5.74) is -0.526. The average molecular weight is 247 g/mol. The Balaban J connectivity index is 2.62. The van der Waals surface area contributed by atoms with Crippen LogP contribution in [0.5, 0.6) is 0 Å². The van der Waals surface area contributed by atoms with E-state index in [0.29, 0.717) is 6.61 Å². The number of rotatable bonds is 6. The van der Waals surface area contributed by atoms with E-state index in [0.717, 1.165) is 0 Å². The molecule has 0 fully saturated rings. The van der Waals surface area contributed by atoms with Gasteiger partial charge >= 0.3 is 0 Å². The number of ether oxygens (including phenoxy) is 1. The maximum atomic E-state index is 11.7. The summed E-state index contributed by atoms with van der Waals surface area (Å²) in [6.07, 6.45) is 1.39. The monoisotopic (exact) mass is 247 g/mol. The number of hydrogen-bond acceptors (Lipinski definition) is 4. The van der Waals surface area contributed by atoms with Crippen LogP contribution in [0.1, 0.15) is 20.8 Å². The third-order valence-electron chi connectivity index (χ3n) is 1.99. The molecule has 0 radical (unpaired) electrons. The lowest BCUT2D eigenvalue weighted by molar-refractivity contribution is -0.00515. The van der Waals surface area contributed by atoms with Crippen LogP contribution >= 0.6 is 0 Å². The van der Waals surface area contributed by atoms with Gasteiger partial charge in [0.1, 0.15) is 0 Å². The van der Waals surface area contributed by atoms with E-state index in [-0.39, 0.29) is 11.6 Å². The van der Waals surface area contributed by atoms with Crippen molar-refractivity contribution in [1.29, 1.82) is 0 Å². The van der Waals surface area contributed by atoms with Gasteiger partial charge in [0.05, 0.1) is 11.8 Å². The number of nitrogens with zero attached hydrogens (tertiary/aromatic N) is 1. The zero-order valence-electron chi connectivity index (χ0n) is 9.65. The second-order valence-corrected chi connectivity index (χ2v) is 5.67. The summed E-state index contributed by atoms with van der Waals surface area (Å²) < 4.78 is 31.3. The van der Waals surface area contributed by atoms with E-state index in [4.69, 9.17) is 4.74 Å². The Morgan fingerprint density at radius 2 is 2.25 bits per heavy atom. The first kappa shape index (κ1) is 13.1. The molecule has 6 nitrogen and oxygen atoms in total. The minimum Gasteiger partial charge on any atom is -0.375 e. The van der Waals surface area contributed by atoms with Crippen molar-refractivity contribution in [2.24, 2.45) is 0 Å². The zero-order chi connectivity index (χ0) is 12.2. The minimum absolute atomic E-state index is 0.0554. The Bertz CT molecular complexity index is 411. The number of H-pyrrole nitrogens is 1. The fourth-order valence-electron chi connectivity index (χ4n) is 1.18. The third-order valence-corrected chi connectivity index (χ3v) is 3.32. The SMILES string of the molecule is CCOC(C)(C)CNS(=O)(=O)c1ccn[nH]1. The van der Waals surface area contributed by atoms with Crippen LogP contribution in [0, 0.1) is 0 Å². The fourth-order valence-corrected chi connectivity index (χ4v) is 2.29. The molecule has 7 heteroatoms. The van der Waals surface area contributed by atoms with Gasteiger partial charge in [-0.05, 0) is 26.8 Å². The zero-order valence-corrected chi connectivity index (χ0v) is 10.5. The lowest BCUT2D eigenvalue weighted by Crippen LogP contribution is -2.40. The fraction of sp³-hybridized carbons (Fsp3) is 0.667. The lowest BCUT2D eigenvalue weighted by Gasteiger charge is -2.24. The first-order chi connectivity index (χ1) is 7.37. The van der Waals surface area contributed by atoms with Gasteiger partial charge in [0.15, 0.2) is 5.03 Å². The van der Waals surface area contributed by atoms with E-state index in [1.807, 2.05) is 20.8 Å². The highest BCUT2D eigenvalue weighted by Crippen LogP contribution is 2.09. The number of nitrogens with one attached hydrogen (secondary N) is 2. The maximum Gasteiger partial charge on any atom is 0.257 e. The smallest absolute Gasteiger partial charge is 0.257 e. The van der Waals surface area contributed by atoms with Crippen molar-refractivity contribution in [2.45, 2.75) is 31.4 Å². The molecule has 1 aromatic rings. The Morgan fingerprint density at radius 3 is 2.75 bits per heavy atom. The van der Waals surface area contributed by atoms with Crippen molar-refractivity contribution in [3.63, 3.8) is 0 Å². The molecule has 0 aliphatic carbocycles. The Labute approximate surface area is 95.4 Å². The molecule has 1 heterocycles. The summed E-state index contributed by atoms with van der Waals surface area (Å²) in [5, 5.41) is 6.05. The molecule has 0 aromatic carbocycles. The first-order valence-corrected chi connectivity index (χ1v) is 6.49. The molecule has 0 saturated heterocycles. The average Bonchev–Trinajstić information content (AvgIpc) is 2.68. The molecular weight excluding hydrogens is 230 g/mol. The molecule has 0 spiro atoms. The normalized spacial score (nSPS) is 12.9. The van der Waals surface area contributed by atoms with Gasteiger partial charge in [0.2, 0.25) is 0 Å². The molecular formula is C9H17N3O3S. The predicted molar refractivity (Wildman–Crippen MR) is 59.5 cm³/mol. The van der Waals surface area contributed by atoms with Crippen LogP contribution in [0.2, 0.25) is 0 Å². The molecule has 1 aromatic heterocycles. The molecule has 16 heavy (non-hydrogen) atoms. The molecule has 1 rings (SSSR count). The summed E-state index contributed by atoms with van der Waals surface area (Å²) in [4.78, 5) is 0. The topological polar surface area (TPSA) is 84.1 Å². The van der Waals surface area contributed by atoms with E-state index < -0.39 is 15.6 Å². The highest BCUT2D eigenvalue weighted by molar-refractivity contribution is 7.89. The van der Waals surface area contributed by atoms with Gasteiger partial charge in [-0.2, -0.15) is 5.10 Å². The van der Waals surface area contributed by atoms with Gasteiger partial charge < -0.3 is 4.74 Å². The summed E-state index contributed by atoms with van der Waals surface area (Å²) >= 11 is 0. The quantitative estimate of drug-likeness (QED) is 0.767. The van der Waals surface area contributed by atoms with Crippen molar-refractivity contribution >= 4 is 10.0 Å². The molecule has 0 atom stereocenters. The van der Waals surface area contributed by atoms with Gasteiger partial charge in [-0.15, -0.1) is 0 Å². The van der Waals surface area contributed by atoms with Crippen molar-refractivity contribution in [3.05, 3.63) is 12.3 Å². The molecule has 0 amide bonds. The minimum atomic E-state index is -3.52. The number of aromatic nitrogens is 2. The van der Waals surface area contributed by atoms with Crippen LogP contribution in [0.3, 0.4) is 0 Å². The largest absolute Gasteiger partial charge is 0.375 e. The number of hydrogen-bond donors (Lipinski definition) is 2. The van der Waals surface area contributed by atoms with Gasteiger partial charge in [0.25, 0.3) is 10.0 Å². The Kier molecular flexibility index (Phi) is 4.06. The van der Waals surface area contributed by atoms with Gasteiger partial charge in [-0.1, -0.05) is 0 Å². The number of sulfonamides is 1. The molecule has 0 unspecified atom stereocenters. The summed E-state index contributed by atoms with van der Waals surface area (Å²) in [6, 6.07) is 1.40. The van der Waals surface area contributed by atoms with Crippen molar-refractivity contribution < 1.29 is 13.2 Å². The summed E-state index contributed by atoms with van der Waals surface area (Å²) in [7, 11) is -3.52. The van der Waals surface area contributed by atoms with Gasteiger partial charge in [-0.25, -0.2) is 13.1 Å². The van der Waals surface area contributed by atoms with Gasteiger partial charge in [0, 0.05) is 13.2 Å². The van der Waals surface area contributed by atoms with Crippen LogP contribution in [0.15, 0.2) is 17.3 Å². The van der Waals surface area contributed by atoms with Crippen LogP contribution in [0.25, 0.3) is 0 Å². The third kappa shape index (κ3) is 3.58. The molecule has 92 valence electrons. The standard InChI is InChI=1S/C9H17N3O3S/c1-4-15-9(2,3)7-11-16(13,14)8-5-6-10-12-8/h5-6,11H,4,7H2,1-3H3,(H,10,12). The van der Waals surface area contributed by atoms with E-state index in [1.165, 1.54) is 12.3 Å². The Morgan fingerprint density at radius 1 is 1.56 bits per heavy atom. The lowest BCUT2D eigenvalue weighted by atomic mass is 10.1. The second-order valence-electron chi connectivity index (χ2n) is 3.94. The highest BCUT2D eigenvalue weighted by Gasteiger charge is 2.22. The Hall–Kier alpha value is -0.920. The first-order valence-electron chi connectivity index (χ1n) is 5.00. The maximum absolute atomic E-state index is 11.7. The predicted octanol–water partition coefficient (Wildman–Crippen LogP) is 0.503. The van der Waals surface area contributed by atoms with Crippen molar-refractivity contribution in [3.8, 4) is 0 Å². The van der Waals surface area contributed by atoms with E-state index in [9.17, 15) is 8.42 Å². The van der Waals surface area contributed by atoms with Crippen LogP contribution in [-0.4, -0.2) is 37.4 Å². The number of aromatic amines is 1. The van der Waals surface area contributed by atoms with Crippen LogP contribution in [0.4, 0.5) is 0 Å². The summed E-state index contributed by atoms with van der Waals surface area (Å²) in [6.45, 7) is 6.27. The molecule has 0 aliphatic rings. The van der Waals surface area contributed by atoms with E-state index >= 15 is 0 Å². The van der Waals surface area contributed by atoms with Gasteiger partial charge in [-0.3, -0.25) is 5.10 Å². The molecule has 0 aliphatic heterocycles.